The second-order valence-corrected chi connectivity index (χ2v) is 6.54. The third-order valence-corrected chi connectivity index (χ3v) is 4.72. The Bertz CT molecular complexity index is 1120. The van der Waals surface area contributed by atoms with Crippen LogP contribution in [0.5, 0.6) is 5.75 Å². The fourth-order valence-electron chi connectivity index (χ4n) is 3.19. The third-order valence-electron chi connectivity index (χ3n) is 4.49. The van der Waals surface area contributed by atoms with Gasteiger partial charge in [0.1, 0.15) is 11.4 Å². The monoisotopic (exact) mass is 369 g/mol. The van der Waals surface area contributed by atoms with Gasteiger partial charge in [0.25, 0.3) is 11.1 Å². The normalized spacial score (nSPS) is 12.1. The molecule has 4 rings (SSSR count). The maximum Gasteiger partial charge on any atom is 0.286 e. The van der Waals surface area contributed by atoms with Crippen LogP contribution in [0.2, 0.25) is 5.02 Å². The van der Waals surface area contributed by atoms with E-state index in [1.165, 1.54) is 4.68 Å². The minimum absolute atomic E-state index is 0.221. The van der Waals surface area contributed by atoms with Gasteiger partial charge in [-0.05, 0) is 23.8 Å². The molecule has 0 amide bonds. The summed E-state index contributed by atoms with van der Waals surface area (Å²) in [4.78, 5) is 25.5. The second-order valence-electron chi connectivity index (χ2n) is 6.10. The highest BCUT2D eigenvalue weighted by Gasteiger charge is 2.22. The SMILES string of the molecule is COc1ccccc1Cn1[nH]c(=O)c2c(c1=O)Cc1ccc(Cl)cc1N2. The number of hydrogen-bond donors (Lipinski definition) is 2. The molecule has 7 heteroatoms. The van der Waals surface area contributed by atoms with Crippen LogP contribution in [0.25, 0.3) is 0 Å². The number of methoxy groups -OCH3 is 1. The van der Waals surface area contributed by atoms with Crippen molar-refractivity contribution in [2.75, 3.05) is 12.4 Å². The lowest BCUT2D eigenvalue weighted by molar-refractivity contribution is 0.406. The minimum atomic E-state index is -0.347. The van der Waals surface area contributed by atoms with E-state index in [1.807, 2.05) is 30.3 Å². The van der Waals surface area contributed by atoms with Gasteiger partial charge in [-0.15, -0.1) is 0 Å². The minimum Gasteiger partial charge on any atom is -0.496 e. The summed E-state index contributed by atoms with van der Waals surface area (Å²) in [6.07, 6.45) is 0.378. The Morgan fingerprint density at radius 1 is 1.19 bits per heavy atom. The van der Waals surface area contributed by atoms with Crippen LogP contribution in [0.1, 0.15) is 16.7 Å². The van der Waals surface area contributed by atoms with E-state index in [0.717, 1.165) is 16.8 Å². The van der Waals surface area contributed by atoms with E-state index < -0.39 is 0 Å². The molecule has 0 saturated heterocycles. The molecule has 3 aromatic rings. The van der Waals surface area contributed by atoms with Crippen LogP contribution < -0.4 is 21.2 Å². The maximum atomic E-state index is 12.9. The molecule has 26 heavy (non-hydrogen) atoms. The van der Waals surface area contributed by atoms with Gasteiger partial charge in [0.05, 0.1) is 19.2 Å². The van der Waals surface area contributed by atoms with Crippen molar-refractivity contribution in [2.45, 2.75) is 13.0 Å². The summed E-state index contributed by atoms with van der Waals surface area (Å²) in [6.45, 7) is 0.221. The molecule has 0 aliphatic carbocycles. The van der Waals surface area contributed by atoms with E-state index in [-0.39, 0.29) is 23.4 Å². The lowest BCUT2D eigenvalue weighted by Crippen LogP contribution is -2.36. The number of aromatic nitrogens is 2. The highest BCUT2D eigenvalue weighted by molar-refractivity contribution is 6.30. The van der Waals surface area contributed by atoms with Crippen molar-refractivity contribution in [3.05, 3.63) is 84.9 Å². The van der Waals surface area contributed by atoms with Gasteiger partial charge in [0.2, 0.25) is 0 Å². The van der Waals surface area contributed by atoms with Gasteiger partial charge in [-0.3, -0.25) is 14.7 Å². The first kappa shape index (κ1) is 16.5. The number of rotatable bonds is 3. The molecule has 0 atom stereocenters. The fraction of sp³-hybridized carbons (Fsp3) is 0.158. The average molecular weight is 370 g/mol. The summed E-state index contributed by atoms with van der Waals surface area (Å²) in [7, 11) is 1.57. The van der Waals surface area contributed by atoms with Gasteiger partial charge in [-0.1, -0.05) is 35.9 Å². The number of hydrogen-bond acceptors (Lipinski definition) is 4. The van der Waals surface area contributed by atoms with Gasteiger partial charge in [0.15, 0.2) is 0 Å². The van der Waals surface area contributed by atoms with Gasteiger partial charge >= 0.3 is 0 Å². The predicted molar refractivity (Wildman–Crippen MR) is 101 cm³/mol. The van der Waals surface area contributed by atoms with Gasteiger partial charge in [0, 0.05) is 22.7 Å². The van der Waals surface area contributed by atoms with Crippen molar-refractivity contribution in [1.82, 2.24) is 9.78 Å². The van der Waals surface area contributed by atoms with Crippen LogP contribution in [0, 0.1) is 0 Å². The molecular weight excluding hydrogens is 354 g/mol. The van der Waals surface area contributed by atoms with Crippen molar-refractivity contribution < 1.29 is 4.74 Å². The molecule has 2 aromatic carbocycles. The highest BCUT2D eigenvalue weighted by atomic mass is 35.5. The molecule has 0 spiro atoms. The first-order valence-corrected chi connectivity index (χ1v) is 8.48. The zero-order valence-corrected chi connectivity index (χ0v) is 14.8. The molecular formula is C19H16ClN3O3. The average Bonchev–Trinajstić information content (AvgIpc) is 2.65. The Kier molecular flexibility index (Phi) is 4.05. The van der Waals surface area contributed by atoms with Crippen molar-refractivity contribution in [2.24, 2.45) is 0 Å². The summed E-state index contributed by atoms with van der Waals surface area (Å²) in [5.74, 6) is 0.663. The molecule has 0 bridgehead atoms. The first-order chi connectivity index (χ1) is 12.6. The van der Waals surface area contributed by atoms with Crippen LogP contribution in [0.4, 0.5) is 11.4 Å². The maximum absolute atomic E-state index is 12.9. The molecule has 0 fully saturated rings. The van der Waals surface area contributed by atoms with Gasteiger partial charge < -0.3 is 10.1 Å². The van der Waals surface area contributed by atoms with Crippen LogP contribution in [-0.2, 0) is 13.0 Å². The number of para-hydroxylation sites is 1. The quantitative estimate of drug-likeness (QED) is 0.582. The number of halogens is 1. The number of H-pyrrole nitrogens is 1. The molecule has 1 aromatic heterocycles. The molecule has 2 heterocycles. The molecule has 1 aliphatic heterocycles. The van der Waals surface area contributed by atoms with Crippen molar-refractivity contribution in [3.63, 3.8) is 0 Å². The predicted octanol–water partition coefficient (Wildman–Crippen LogP) is 2.89. The van der Waals surface area contributed by atoms with Crippen LogP contribution in [0.3, 0.4) is 0 Å². The van der Waals surface area contributed by atoms with E-state index in [4.69, 9.17) is 16.3 Å². The van der Waals surface area contributed by atoms with Crippen molar-refractivity contribution in [1.29, 1.82) is 0 Å². The summed E-state index contributed by atoms with van der Waals surface area (Å²) in [5.41, 5.74) is 2.62. The molecule has 132 valence electrons. The molecule has 0 saturated carbocycles. The molecule has 1 aliphatic rings. The summed E-state index contributed by atoms with van der Waals surface area (Å²) < 4.78 is 6.65. The fourth-order valence-corrected chi connectivity index (χ4v) is 3.36. The van der Waals surface area contributed by atoms with Crippen LogP contribution >= 0.6 is 11.6 Å². The number of fused-ring (bicyclic) bond motifs is 2. The summed E-state index contributed by atoms with van der Waals surface area (Å²) >= 11 is 6.02. The van der Waals surface area contributed by atoms with Crippen LogP contribution in [0.15, 0.2) is 52.1 Å². The van der Waals surface area contributed by atoms with E-state index in [2.05, 4.69) is 10.4 Å². The number of nitrogens with one attached hydrogen (secondary N) is 2. The van der Waals surface area contributed by atoms with E-state index in [0.29, 0.717) is 22.8 Å². The van der Waals surface area contributed by atoms with Gasteiger partial charge in [-0.25, -0.2) is 4.68 Å². The number of benzene rings is 2. The standard InChI is InChI=1S/C19H16ClN3O3/c1-26-16-5-3-2-4-12(16)10-23-19(25)14-8-11-6-7-13(20)9-15(11)21-17(14)18(24)22-23/h2-7,9,21H,8,10H2,1H3,(H,22,24). The topological polar surface area (TPSA) is 76.1 Å². The Labute approximate surface area is 154 Å². The van der Waals surface area contributed by atoms with E-state index >= 15 is 0 Å². The Balaban J connectivity index is 1.78. The lowest BCUT2D eigenvalue weighted by Gasteiger charge is -2.21. The van der Waals surface area contributed by atoms with Gasteiger partial charge in [-0.2, -0.15) is 0 Å². The molecule has 6 nitrogen and oxygen atoms in total. The number of aromatic amines is 1. The molecule has 0 unspecified atom stereocenters. The zero-order valence-electron chi connectivity index (χ0n) is 14.0. The Hall–Kier alpha value is -2.99. The smallest absolute Gasteiger partial charge is 0.286 e. The second kappa shape index (κ2) is 6.38. The zero-order chi connectivity index (χ0) is 18.3. The van der Waals surface area contributed by atoms with Crippen LogP contribution in [-0.4, -0.2) is 16.9 Å². The summed E-state index contributed by atoms with van der Waals surface area (Å²) in [5, 5.41) is 6.25. The molecule has 2 N–H and O–H groups in total. The largest absolute Gasteiger partial charge is 0.496 e. The van der Waals surface area contributed by atoms with E-state index in [1.54, 1.807) is 19.2 Å². The molecule has 0 radical (unpaired) electrons. The lowest BCUT2D eigenvalue weighted by atomic mass is 9.99. The van der Waals surface area contributed by atoms with Crippen molar-refractivity contribution >= 4 is 23.0 Å². The first-order valence-electron chi connectivity index (χ1n) is 8.10. The third kappa shape index (κ3) is 2.78. The number of anilines is 2. The van der Waals surface area contributed by atoms with Crippen molar-refractivity contribution in [3.8, 4) is 5.75 Å². The summed E-state index contributed by atoms with van der Waals surface area (Å²) in [6, 6.07) is 12.8. The highest BCUT2D eigenvalue weighted by Crippen LogP contribution is 2.31. The Morgan fingerprint density at radius 2 is 2.00 bits per heavy atom. The number of ether oxygens (including phenoxy) is 1. The number of nitrogens with zero attached hydrogens (tertiary/aromatic N) is 1. The Morgan fingerprint density at radius 3 is 2.81 bits per heavy atom. The van der Waals surface area contributed by atoms with E-state index in [9.17, 15) is 9.59 Å².